The quantitative estimate of drug-likeness (QED) is 0.508. The molecule has 0 aromatic heterocycles. The van der Waals surface area contributed by atoms with Crippen LogP contribution in [-0.4, -0.2) is 38.5 Å². The van der Waals surface area contributed by atoms with E-state index in [0.717, 1.165) is 22.4 Å². The Bertz CT molecular complexity index is 917. The fourth-order valence-electron chi connectivity index (χ4n) is 2.90. The normalized spacial score (nSPS) is 10.6. The molecule has 2 amide bonds. The van der Waals surface area contributed by atoms with Crippen LogP contribution in [0, 0.1) is 20.8 Å². The van der Waals surface area contributed by atoms with Gasteiger partial charge in [0.15, 0.2) is 18.1 Å². The van der Waals surface area contributed by atoms with Crippen LogP contribution in [0.1, 0.15) is 29.2 Å². The maximum absolute atomic E-state index is 12.4. The number of hydrazone groups is 1. The number of nitrogens with zero attached hydrogens (tertiary/aromatic N) is 1. The minimum atomic E-state index is -0.634. The van der Waals surface area contributed by atoms with Crippen molar-refractivity contribution in [2.45, 2.75) is 27.7 Å². The zero-order valence-electron chi connectivity index (χ0n) is 17.9. The Morgan fingerprint density at radius 2 is 1.77 bits per heavy atom. The first-order valence-electron chi connectivity index (χ1n) is 9.48. The lowest BCUT2D eigenvalue weighted by molar-refractivity contribution is -0.118. The highest BCUT2D eigenvalue weighted by molar-refractivity contribution is 5.93. The Labute approximate surface area is 176 Å². The molecule has 2 aromatic rings. The van der Waals surface area contributed by atoms with E-state index < -0.39 is 6.09 Å². The number of carbonyl (C=O) groups is 2. The summed E-state index contributed by atoms with van der Waals surface area (Å²) in [6.07, 6.45) is 0.810. The van der Waals surface area contributed by atoms with E-state index >= 15 is 0 Å². The molecule has 0 saturated carbocycles. The number of amides is 2. The predicted molar refractivity (Wildman–Crippen MR) is 116 cm³/mol. The molecule has 0 unspecified atom stereocenters. The van der Waals surface area contributed by atoms with Crippen molar-refractivity contribution < 1.29 is 23.8 Å². The maximum Gasteiger partial charge on any atom is 0.427 e. The molecule has 8 nitrogen and oxygen atoms in total. The monoisotopic (exact) mass is 413 g/mol. The van der Waals surface area contributed by atoms with Gasteiger partial charge in [-0.1, -0.05) is 17.7 Å². The SMILES string of the molecule is CCOC(=O)N/N=C\c1ccc(OCC(=O)Nc2c(C)cc(C)cc2C)c(OC)c1. The van der Waals surface area contributed by atoms with Crippen LogP contribution in [0.25, 0.3) is 0 Å². The van der Waals surface area contributed by atoms with Crippen molar-refractivity contribution in [1.29, 1.82) is 0 Å². The molecule has 0 aliphatic carbocycles. The third-order valence-electron chi connectivity index (χ3n) is 4.13. The second-order valence-corrected chi connectivity index (χ2v) is 6.61. The van der Waals surface area contributed by atoms with Gasteiger partial charge in [-0.25, -0.2) is 10.2 Å². The number of hydrogen-bond donors (Lipinski definition) is 2. The van der Waals surface area contributed by atoms with Crippen LogP contribution in [-0.2, 0) is 9.53 Å². The van der Waals surface area contributed by atoms with Crippen LogP contribution in [0.4, 0.5) is 10.5 Å². The first-order valence-corrected chi connectivity index (χ1v) is 9.48. The summed E-state index contributed by atoms with van der Waals surface area (Å²) in [4.78, 5) is 23.6. The molecule has 2 N–H and O–H groups in total. The van der Waals surface area contributed by atoms with E-state index in [4.69, 9.17) is 14.2 Å². The molecule has 0 aliphatic heterocycles. The largest absolute Gasteiger partial charge is 0.493 e. The number of rotatable bonds is 8. The highest BCUT2D eigenvalue weighted by atomic mass is 16.5. The van der Waals surface area contributed by atoms with Crippen molar-refractivity contribution in [2.24, 2.45) is 5.10 Å². The minimum absolute atomic E-state index is 0.166. The topological polar surface area (TPSA) is 98.3 Å². The summed E-state index contributed by atoms with van der Waals surface area (Å²) in [5.41, 5.74) is 6.85. The maximum atomic E-state index is 12.4. The Hall–Kier alpha value is -3.55. The third-order valence-corrected chi connectivity index (χ3v) is 4.13. The van der Waals surface area contributed by atoms with Crippen molar-refractivity contribution >= 4 is 23.9 Å². The van der Waals surface area contributed by atoms with Gasteiger partial charge < -0.3 is 19.5 Å². The van der Waals surface area contributed by atoms with Crippen LogP contribution < -0.4 is 20.2 Å². The van der Waals surface area contributed by atoms with Crippen molar-refractivity contribution in [3.8, 4) is 11.5 Å². The van der Waals surface area contributed by atoms with Crippen LogP contribution in [0.5, 0.6) is 11.5 Å². The molecule has 0 spiro atoms. The standard InChI is InChI=1S/C22H27N3O5/c1-6-29-22(27)25-23-12-17-7-8-18(19(11-17)28-5)30-13-20(26)24-21-15(3)9-14(2)10-16(21)4/h7-12H,6,13H2,1-5H3,(H,24,26)(H,25,27)/b23-12-. The van der Waals surface area contributed by atoms with Gasteiger partial charge in [0.25, 0.3) is 5.91 Å². The van der Waals surface area contributed by atoms with E-state index in [9.17, 15) is 9.59 Å². The molecule has 2 aromatic carbocycles. The average molecular weight is 413 g/mol. The lowest BCUT2D eigenvalue weighted by atomic mass is 10.1. The van der Waals surface area contributed by atoms with Gasteiger partial charge in [0.2, 0.25) is 0 Å². The smallest absolute Gasteiger partial charge is 0.427 e. The van der Waals surface area contributed by atoms with Crippen molar-refractivity contribution in [1.82, 2.24) is 5.43 Å². The van der Waals surface area contributed by atoms with Gasteiger partial charge in [-0.15, -0.1) is 0 Å². The summed E-state index contributed by atoms with van der Waals surface area (Å²) in [6.45, 7) is 7.73. The highest BCUT2D eigenvalue weighted by Crippen LogP contribution is 2.28. The predicted octanol–water partition coefficient (Wildman–Crippen LogP) is 3.72. The van der Waals surface area contributed by atoms with E-state index in [-0.39, 0.29) is 19.1 Å². The average Bonchev–Trinajstić information content (AvgIpc) is 2.69. The van der Waals surface area contributed by atoms with Crippen LogP contribution in [0.15, 0.2) is 35.4 Å². The fraction of sp³-hybridized carbons (Fsp3) is 0.318. The van der Waals surface area contributed by atoms with Gasteiger partial charge in [-0.2, -0.15) is 5.10 Å². The second kappa shape index (κ2) is 10.8. The van der Waals surface area contributed by atoms with Gasteiger partial charge in [0.05, 0.1) is 19.9 Å². The molecule has 0 fully saturated rings. The van der Waals surface area contributed by atoms with E-state index in [1.54, 1.807) is 25.1 Å². The van der Waals surface area contributed by atoms with Crippen LogP contribution >= 0.6 is 0 Å². The van der Waals surface area contributed by atoms with Crippen molar-refractivity contribution in [3.05, 3.63) is 52.6 Å². The summed E-state index contributed by atoms with van der Waals surface area (Å²) in [5.74, 6) is 0.586. The molecule has 0 aliphatic rings. The third kappa shape index (κ3) is 6.51. The highest BCUT2D eigenvalue weighted by Gasteiger charge is 2.11. The second-order valence-electron chi connectivity index (χ2n) is 6.61. The molecule has 0 saturated heterocycles. The summed E-state index contributed by atoms with van der Waals surface area (Å²) >= 11 is 0. The van der Waals surface area contributed by atoms with Crippen molar-refractivity contribution in [3.63, 3.8) is 0 Å². The van der Waals surface area contributed by atoms with Crippen LogP contribution in [0.2, 0.25) is 0 Å². The molecule has 0 radical (unpaired) electrons. The number of benzene rings is 2. The molecule has 160 valence electrons. The summed E-state index contributed by atoms with van der Waals surface area (Å²) in [5, 5.41) is 6.69. The van der Waals surface area contributed by atoms with Crippen molar-refractivity contribution in [2.75, 3.05) is 25.6 Å². The molecule has 2 rings (SSSR count). The molecule has 0 atom stereocenters. The molecule has 0 bridgehead atoms. The zero-order chi connectivity index (χ0) is 22.1. The summed E-state index contributed by atoms with van der Waals surface area (Å²) < 4.78 is 15.7. The first-order chi connectivity index (χ1) is 14.3. The molecule has 0 heterocycles. The van der Waals surface area contributed by atoms with Gasteiger partial charge in [0, 0.05) is 5.69 Å². The number of ether oxygens (including phenoxy) is 3. The number of aryl methyl sites for hydroxylation is 3. The van der Waals surface area contributed by atoms with E-state index in [0.29, 0.717) is 17.1 Å². The number of hydrogen-bond acceptors (Lipinski definition) is 6. The Balaban J connectivity index is 1.99. The van der Waals surface area contributed by atoms with E-state index in [2.05, 4.69) is 15.8 Å². The first kappa shape index (κ1) is 22.7. The van der Waals surface area contributed by atoms with Gasteiger partial charge in [0.1, 0.15) is 0 Å². The summed E-state index contributed by atoms with van der Waals surface area (Å²) in [6, 6.07) is 9.10. The number of anilines is 1. The summed E-state index contributed by atoms with van der Waals surface area (Å²) in [7, 11) is 1.50. The van der Waals surface area contributed by atoms with Gasteiger partial charge >= 0.3 is 6.09 Å². The number of carbonyl (C=O) groups excluding carboxylic acids is 2. The molecular formula is C22H27N3O5. The Morgan fingerprint density at radius 1 is 1.07 bits per heavy atom. The fourth-order valence-corrected chi connectivity index (χ4v) is 2.90. The van der Waals surface area contributed by atoms with E-state index in [1.165, 1.54) is 13.3 Å². The molecular weight excluding hydrogens is 386 g/mol. The molecule has 30 heavy (non-hydrogen) atoms. The minimum Gasteiger partial charge on any atom is -0.493 e. The van der Waals surface area contributed by atoms with Gasteiger partial charge in [-0.3, -0.25) is 4.79 Å². The van der Waals surface area contributed by atoms with Gasteiger partial charge in [-0.05, 0) is 62.6 Å². The number of nitrogens with one attached hydrogen (secondary N) is 2. The zero-order valence-corrected chi connectivity index (χ0v) is 17.9. The lowest BCUT2D eigenvalue weighted by Crippen LogP contribution is -2.21. The Morgan fingerprint density at radius 3 is 2.40 bits per heavy atom. The van der Waals surface area contributed by atoms with E-state index in [1.807, 2.05) is 32.9 Å². The Kier molecular flexibility index (Phi) is 8.22. The lowest BCUT2D eigenvalue weighted by Gasteiger charge is -2.14. The van der Waals surface area contributed by atoms with Crippen LogP contribution in [0.3, 0.4) is 0 Å². The molecule has 8 heteroatoms. The number of methoxy groups -OCH3 is 1.